The summed E-state index contributed by atoms with van der Waals surface area (Å²) in [6.45, 7) is 0. The van der Waals surface area contributed by atoms with Crippen molar-refractivity contribution in [3.8, 4) is 17.6 Å². The van der Waals surface area contributed by atoms with Gasteiger partial charge in [0.1, 0.15) is 11.6 Å². The van der Waals surface area contributed by atoms with E-state index in [4.69, 9.17) is 27.9 Å². The van der Waals surface area contributed by atoms with E-state index in [0.717, 1.165) is 0 Å². The molecule has 24 heavy (non-hydrogen) atoms. The van der Waals surface area contributed by atoms with Crippen LogP contribution in [0.5, 0.6) is 11.5 Å². The highest BCUT2D eigenvalue weighted by Crippen LogP contribution is 2.28. The Morgan fingerprint density at radius 3 is 2.67 bits per heavy atom. The highest BCUT2D eigenvalue weighted by atomic mass is 35.5. The van der Waals surface area contributed by atoms with Crippen molar-refractivity contribution in [1.29, 1.82) is 5.26 Å². The molecule has 5 nitrogen and oxygen atoms in total. The quantitative estimate of drug-likeness (QED) is 0.628. The van der Waals surface area contributed by atoms with Gasteiger partial charge in [-0.25, -0.2) is 0 Å². The summed E-state index contributed by atoms with van der Waals surface area (Å²) in [6.07, 6.45) is 1.34. The predicted octanol–water partition coefficient (Wildman–Crippen LogP) is 4.25. The van der Waals surface area contributed by atoms with Crippen LogP contribution < -0.4 is 10.1 Å². The summed E-state index contributed by atoms with van der Waals surface area (Å²) >= 11 is 11.8. The number of anilines is 1. The number of phenolic OH excluding ortho intramolecular Hbond substituents is 1. The Bertz CT molecular complexity index is 857. The third-order valence-electron chi connectivity index (χ3n) is 3.06. The van der Waals surface area contributed by atoms with Gasteiger partial charge in [0.05, 0.1) is 17.8 Å². The first-order valence-corrected chi connectivity index (χ1v) is 7.45. The van der Waals surface area contributed by atoms with E-state index in [1.165, 1.54) is 37.5 Å². The molecular weight excluding hydrogens is 351 g/mol. The van der Waals surface area contributed by atoms with E-state index in [1.54, 1.807) is 12.1 Å². The molecular formula is C17H12Cl2N2O3. The zero-order valence-electron chi connectivity index (χ0n) is 12.5. The summed E-state index contributed by atoms with van der Waals surface area (Å²) in [5.74, 6) is -0.445. The van der Waals surface area contributed by atoms with Crippen LogP contribution in [0.3, 0.4) is 0 Å². The second-order valence-electron chi connectivity index (χ2n) is 4.68. The molecule has 2 N–H and O–H groups in total. The maximum Gasteiger partial charge on any atom is 0.266 e. The number of nitrogens with one attached hydrogen (secondary N) is 1. The van der Waals surface area contributed by atoms with E-state index in [1.807, 2.05) is 6.07 Å². The van der Waals surface area contributed by atoms with E-state index in [0.29, 0.717) is 27.0 Å². The molecule has 122 valence electrons. The number of hydrogen-bond donors (Lipinski definition) is 2. The average Bonchev–Trinajstić information content (AvgIpc) is 2.56. The van der Waals surface area contributed by atoms with E-state index >= 15 is 0 Å². The maximum absolute atomic E-state index is 12.2. The summed E-state index contributed by atoms with van der Waals surface area (Å²) in [5, 5.41) is 22.2. The Morgan fingerprint density at radius 2 is 2.04 bits per heavy atom. The molecule has 0 radical (unpaired) electrons. The van der Waals surface area contributed by atoms with Gasteiger partial charge in [-0.3, -0.25) is 4.79 Å². The number of phenols is 1. The Labute approximate surface area is 148 Å². The molecule has 2 aromatic carbocycles. The fourth-order valence-corrected chi connectivity index (χ4v) is 2.23. The molecule has 0 aliphatic carbocycles. The van der Waals surface area contributed by atoms with Gasteiger partial charge >= 0.3 is 0 Å². The summed E-state index contributed by atoms with van der Waals surface area (Å²) < 4.78 is 4.94. The van der Waals surface area contributed by atoms with Gasteiger partial charge in [-0.05, 0) is 42.0 Å². The highest BCUT2D eigenvalue weighted by Gasteiger charge is 2.12. The SMILES string of the molecule is COc1ccc(/C=C(\C#N)C(=O)Nc2cc(Cl)ccc2Cl)cc1O. The number of ether oxygens (including phenoxy) is 1. The van der Waals surface area contributed by atoms with Gasteiger partial charge < -0.3 is 15.2 Å². The monoisotopic (exact) mass is 362 g/mol. The van der Waals surface area contributed by atoms with E-state index < -0.39 is 5.91 Å². The van der Waals surface area contributed by atoms with Crippen LogP contribution in [0.25, 0.3) is 6.08 Å². The minimum absolute atomic E-state index is 0.0955. The van der Waals surface area contributed by atoms with Crippen LogP contribution >= 0.6 is 23.2 Å². The van der Waals surface area contributed by atoms with Gasteiger partial charge in [-0.15, -0.1) is 0 Å². The second kappa shape index (κ2) is 7.73. The number of carbonyl (C=O) groups is 1. The Morgan fingerprint density at radius 1 is 1.29 bits per heavy atom. The van der Waals surface area contributed by atoms with Crippen LogP contribution in [0, 0.1) is 11.3 Å². The second-order valence-corrected chi connectivity index (χ2v) is 5.52. The molecule has 1 amide bonds. The van der Waals surface area contributed by atoms with Gasteiger partial charge in [0.2, 0.25) is 0 Å². The lowest BCUT2D eigenvalue weighted by Crippen LogP contribution is -2.13. The molecule has 0 aliphatic heterocycles. The van der Waals surface area contributed by atoms with Crippen molar-refractivity contribution in [3.63, 3.8) is 0 Å². The van der Waals surface area contributed by atoms with Gasteiger partial charge in [0.15, 0.2) is 11.5 Å². The number of benzene rings is 2. The number of halogens is 2. The topological polar surface area (TPSA) is 82.3 Å². The van der Waals surface area contributed by atoms with E-state index in [2.05, 4.69) is 5.32 Å². The number of methoxy groups -OCH3 is 1. The van der Waals surface area contributed by atoms with Crippen molar-refractivity contribution in [3.05, 3.63) is 57.6 Å². The maximum atomic E-state index is 12.2. The lowest BCUT2D eigenvalue weighted by molar-refractivity contribution is -0.112. The lowest BCUT2D eigenvalue weighted by Gasteiger charge is -2.07. The molecule has 0 saturated heterocycles. The molecule has 0 heterocycles. The molecule has 2 rings (SSSR count). The molecule has 0 atom stereocenters. The minimum Gasteiger partial charge on any atom is -0.504 e. The average molecular weight is 363 g/mol. The van der Waals surface area contributed by atoms with Crippen molar-refractivity contribution in [1.82, 2.24) is 0 Å². The molecule has 0 bridgehead atoms. The summed E-state index contributed by atoms with van der Waals surface area (Å²) in [6, 6.07) is 10.9. The van der Waals surface area contributed by atoms with E-state index in [9.17, 15) is 15.2 Å². The zero-order valence-corrected chi connectivity index (χ0v) is 14.0. The highest BCUT2D eigenvalue weighted by molar-refractivity contribution is 6.36. The first-order valence-electron chi connectivity index (χ1n) is 6.70. The number of carbonyl (C=O) groups excluding carboxylic acids is 1. The third-order valence-corrected chi connectivity index (χ3v) is 3.62. The smallest absolute Gasteiger partial charge is 0.266 e. The molecule has 0 spiro atoms. The van der Waals surface area contributed by atoms with Crippen LogP contribution in [-0.4, -0.2) is 18.1 Å². The Hall–Kier alpha value is -2.68. The van der Waals surface area contributed by atoms with Crippen LogP contribution in [0.15, 0.2) is 42.0 Å². The molecule has 0 aliphatic rings. The van der Waals surface area contributed by atoms with Gasteiger partial charge in [-0.2, -0.15) is 5.26 Å². The van der Waals surface area contributed by atoms with Crippen LogP contribution in [-0.2, 0) is 4.79 Å². The third kappa shape index (κ3) is 4.19. The minimum atomic E-state index is -0.642. The van der Waals surface area contributed by atoms with Gasteiger partial charge in [0.25, 0.3) is 5.91 Å². The normalized spacial score (nSPS) is 10.8. The predicted molar refractivity (Wildman–Crippen MR) is 93.3 cm³/mol. The number of amides is 1. The van der Waals surface area contributed by atoms with Gasteiger partial charge in [-0.1, -0.05) is 29.3 Å². The van der Waals surface area contributed by atoms with Crippen molar-refractivity contribution >= 4 is 40.9 Å². The number of nitriles is 1. The molecule has 2 aromatic rings. The van der Waals surface area contributed by atoms with E-state index in [-0.39, 0.29) is 11.3 Å². The summed E-state index contributed by atoms with van der Waals surface area (Å²) in [4.78, 5) is 12.2. The fraction of sp³-hybridized carbons (Fsp3) is 0.0588. The largest absolute Gasteiger partial charge is 0.504 e. The standard InChI is InChI=1S/C17H12Cl2N2O3/c1-24-16-5-2-10(7-15(16)22)6-11(9-20)17(23)21-14-8-12(18)3-4-13(14)19/h2-8,22H,1H3,(H,21,23)/b11-6+. The Balaban J connectivity index is 2.27. The van der Waals surface area contributed by atoms with Crippen LogP contribution in [0.2, 0.25) is 10.0 Å². The molecule has 0 saturated carbocycles. The van der Waals surface area contributed by atoms with Crippen molar-refractivity contribution in [2.45, 2.75) is 0 Å². The Kier molecular flexibility index (Phi) is 5.69. The number of rotatable bonds is 4. The molecule has 7 heteroatoms. The number of aromatic hydroxyl groups is 1. The summed E-state index contributed by atoms with van der Waals surface area (Å²) in [5.41, 5.74) is 0.612. The molecule has 0 unspecified atom stereocenters. The van der Waals surface area contributed by atoms with Gasteiger partial charge in [0, 0.05) is 5.02 Å². The van der Waals surface area contributed by atoms with Crippen molar-refractivity contribution < 1.29 is 14.6 Å². The van der Waals surface area contributed by atoms with Crippen LogP contribution in [0.4, 0.5) is 5.69 Å². The summed E-state index contributed by atoms with van der Waals surface area (Å²) in [7, 11) is 1.42. The number of nitrogens with zero attached hydrogens (tertiary/aromatic N) is 1. The molecule has 0 fully saturated rings. The lowest BCUT2D eigenvalue weighted by atomic mass is 10.1. The van der Waals surface area contributed by atoms with Crippen molar-refractivity contribution in [2.75, 3.05) is 12.4 Å². The van der Waals surface area contributed by atoms with Crippen LogP contribution in [0.1, 0.15) is 5.56 Å². The first-order chi connectivity index (χ1) is 11.4. The zero-order chi connectivity index (χ0) is 17.7. The first kappa shape index (κ1) is 17.7. The number of hydrogen-bond acceptors (Lipinski definition) is 4. The molecule has 0 aromatic heterocycles. The fourth-order valence-electron chi connectivity index (χ4n) is 1.89. The van der Waals surface area contributed by atoms with Crippen molar-refractivity contribution in [2.24, 2.45) is 0 Å².